The van der Waals surface area contributed by atoms with Crippen molar-refractivity contribution in [1.82, 2.24) is 9.80 Å². The minimum Gasteiger partial charge on any atom is -0.466 e. The number of allylic oxidation sites excluding steroid dienone is 1. The molecule has 2 atom stereocenters. The number of ether oxygens (including phenoxy) is 2. The molecule has 1 aromatic rings. The number of methoxy groups -OCH3 is 1. The number of rotatable bonds is 7. The summed E-state index contributed by atoms with van der Waals surface area (Å²) < 4.78 is 10.3. The number of hydrogen-bond donors (Lipinski definition) is 0. The van der Waals surface area contributed by atoms with E-state index in [9.17, 15) is 14.4 Å². The predicted molar refractivity (Wildman–Crippen MR) is 132 cm³/mol. The number of thioether (sulfide) groups is 1. The average molecular weight is 504 g/mol. The summed E-state index contributed by atoms with van der Waals surface area (Å²) >= 11 is 3.02. The van der Waals surface area contributed by atoms with Crippen molar-refractivity contribution in [3.05, 3.63) is 44.8 Å². The van der Waals surface area contributed by atoms with E-state index in [1.807, 2.05) is 34.7 Å². The highest BCUT2D eigenvalue weighted by Gasteiger charge is 2.42. The monoisotopic (exact) mass is 503 g/mol. The van der Waals surface area contributed by atoms with Gasteiger partial charge in [0, 0.05) is 23.7 Å². The largest absolute Gasteiger partial charge is 0.466 e. The molecule has 0 bridgehead atoms. The Hall–Kier alpha value is -2.59. The van der Waals surface area contributed by atoms with E-state index < -0.39 is 12.0 Å². The van der Waals surface area contributed by atoms with Crippen LogP contribution in [-0.2, 0) is 23.9 Å². The third kappa shape index (κ3) is 4.79. The van der Waals surface area contributed by atoms with Crippen molar-refractivity contribution in [1.29, 1.82) is 0 Å². The number of thiophene rings is 1. The molecule has 0 N–H and O–H groups in total. The Bertz CT molecular complexity index is 1050. The van der Waals surface area contributed by atoms with Crippen molar-refractivity contribution >= 4 is 46.1 Å². The SMILES string of the molecule is CCOC(=O)[C@@H]1CCCN(C(=O)CC2=CSC3=NC(CC)=C(C(=O)OC)[C@@H](c4cccs4)N23)C1. The molecular formula is C24H29N3O5S2. The third-order valence-corrected chi connectivity index (χ3v) is 7.98. The van der Waals surface area contributed by atoms with Gasteiger partial charge in [0.1, 0.15) is 6.04 Å². The van der Waals surface area contributed by atoms with Crippen LogP contribution in [0.1, 0.15) is 50.4 Å². The van der Waals surface area contributed by atoms with Crippen LogP contribution in [0, 0.1) is 5.92 Å². The van der Waals surface area contributed by atoms with Crippen LogP contribution >= 0.6 is 23.1 Å². The lowest BCUT2D eigenvalue weighted by atomic mass is 9.97. The molecule has 1 saturated heterocycles. The van der Waals surface area contributed by atoms with Crippen molar-refractivity contribution < 1.29 is 23.9 Å². The predicted octanol–water partition coefficient (Wildman–Crippen LogP) is 4.08. The molecule has 0 radical (unpaired) electrons. The zero-order valence-electron chi connectivity index (χ0n) is 19.6. The zero-order valence-corrected chi connectivity index (χ0v) is 21.2. The maximum absolute atomic E-state index is 13.3. The number of esters is 2. The highest BCUT2D eigenvalue weighted by molar-refractivity contribution is 8.16. The maximum atomic E-state index is 13.3. The Morgan fingerprint density at radius 1 is 1.26 bits per heavy atom. The van der Waals surface area contributed by atoms with Crippen molar-refractivity contribution in [2.75, 3.05) is 26.8 Å². The van der Waals surface area contributed by atoms with Crippen molar-refractivity contribution in [2.24, 2.45) is 10.9 Å². The lowest BCUT2D eigenvalue weighted by Gasteiger charge is -2.37. The molecule has 1 amide bonds. The molecule has 0 aromatic carbocycles. The third-order valence-electron chi connectivity index (χ3n) is 6.17. The molecule has 10 heteroatoms. The highest BCUT2D eigenvalue weighted by atomic mass is 32.2. The summed E-state index contributed by atoms with van der Waals surface area (Å²) in [7, 11) is 1.38. The Morgan fingerprint density at radius 2 is 2.09 bits per heavy atom. The summed E-state index contributed by atoms with van der Waals surface area (Å²) in [6, 6.07) is 3.55. The number of likely N-dealkylation sites (tertiary alicyclic amines) is 1. The first kappa shape index (κ1) is 24.5. The van der Waals surface area contributed by atoms with Crippen molar-refractivity contribution in [2.45, 2.75) is 45.6 Å². The summed E-state index contributed by atoms with van der Waals surface area (Å²) in [5.74, 6) is -0.971. The molecule has 1 fully saturated rings. The van der Waals surface area contributed by atoms with Gasteiger partial charge in [-0.2, -0.15) is 0 Å². The van der Waals surface area contributed by atoms with Gasteiger partial charge in [0.05, 0.1) is 37.3 Å². The Labute approximate surface area is 207 Å². The number of amidine groups is 1. The maximum Gasteiger partial charge on any atom is 0.338 e. The van der Waals surface area contributed by atoms with E-state index >= 15 is 0 Å². The van der Waals surface area contributed by atoms with Gasteiger partial charge >= 0.3 is 11.9 Å². The number of amides is 1. The number of piperidine rings is 1. The van der Waals surface area contributed by atoms with E-state index in [1.54, 1.807) is 23.2 Å². The standard InChI is InChI=1S/C24H29N3O5S2/c1-4-17-20(23(30)31-3)21(18-9-7-11-33-18)27-16(14-34-24(27)25-17)12-19(28)26-10-6-8-15(13-26)22(29)32-5-2/h7,9,11,14-15,21H,4-6,8,10,12-13H2,1-3H3/t15-,21-/m1/s1. The average Bonchev–Trinajstić information content (AvgIpc) is 3.53. The quantitative estimate of drug-likeness (QED) is 0.518. The fourth-order valence-electron chi connectivity index (χ4n) is 4.55. The van der Waals surface area contributed by atoms with Gasteiger partial charge in [-0.25, -0.2) is 9.79 Å². The van der Waals surface area contributed by atoms with E-state index in [2.05, 4.69) is 0 Å². The van der Waals surface area contributed by atoms with Crippen molar-refractivity contribution in [3.8, 4) is 0 Å². The minimum atomic E-state index is -0.408. The molecule has 4 rings (SSSR count). The lowest BCUT2D eigenvalue weighted by molar-refractivity contribution is -0.151. The second-order valence-corrected chi connectivity index (χ2v) is 10.0. The van der Waals surface area contributed by atoms with Crippen LogP contribution in [0.3, 0.4) is 0 Å². The van der Waals surface area contributed by atoms with Gasteiger partial charge in [-0.15, -0.1) is 11.3 Å². The van der Waals surface area contributed by atoms with Crippen LogP contribution in [0.5, 0.6) is 0 Å². The summed E-state index contributed by atoms with van der Waals surface area (Å²) in [6.45, 7) is 5.09. The van der Waals surface area contributed by atoms with Gasteiger partial charge in [-0.3, -0.25) is 9.59 Å². The van der Waals surface area contributed by atoms with E-state index in [0.29, 0.717) is 37.4 Å². The van der Waals surface area contributed by atoms with Crippen molar-refractivity contribution in [3.63, 3.8) is 0 Å². The minimum absolute atomic E-state index is 0.0445. The molecule has 0 saturated carbocycles. The Balaban J connectivity index is 1.58. The van der Waals surface area contributed by atoms with Gasteiger partial charge in [-0.05, 0) is 43.0 Å². The molecule has 34 heavy (non-hydrogen) atoms. The molecule has 3 aliphatic rings. The molecule has 4 heterocycles. The number of hydrogen-bond acceptors (Lipinski definition) is 9. The second kappa shape index (κ2) is 10.8. The number of nitrogens with zero attached hydrogens (tertiary/aromatic N) is 3. The van der Waals surface area contributed by atoms with Gasteiger partial charge in [0.25, 0.3) is 0 Å². The van der Waals surface area contributed by atoms with Crippen LogP contribution in [0.25, 0.3) is 0 Å². The summed E-state index contributed by atoms with van der Waals surface area (Å²) in [5, 5.41) is 4.67. The number of aliphatic imine (C=N–C) groups is 1. The molecule has 0 unspecified atom stereocenters. The topological polar surface area (TPSA) is 88.5 Å². The van der Waals surface area contributed by atoms with E-state index in [0.717, 1.165) is 28.6 Å². The first-order valence-electron chi connectivity index (χ1n) is 11.5. The summed E-state index contributed by atoms with van der Waals surface area (Å²) in [5.41, 5.74) is 2.01. The van der Waals surface area contributed by atoms with Gasteiger partial charge in [0.15, 0.2) is 5.17 Å². The molecule has 182 valence electrons. The van der Waals surface area contributed by atoms with E-state index in [4.69, 9.17) is 14.5 Å². The molecule has 3 aliphatic heterocycles. The zero-order chi connectivity index (χ0) is 24.2. The lowest BCUT2D eigenvalue weighted by Crippen LogP contribution is -2.44. The van der Waals surface area contributed by atoms with Crippen LogP contribution < -0.4 is 0 Å². The summed E-state index contributed by atoms with van der Waals surface area (Å²) in [6.07, 6.45) is 2.27. The fourth-order valence-corrected chi connectivity index (χ4v) is 6.31. The van der Waals surface area contributed by atoms with Crippen LogP contribution in [0.4, 0.5) is 0 Å². The number of carbonyl (C=O) groups excluding carboxylic acids is 3. The van der Waals surface area contributed by atoms with Crippen LogP contribution in [0.15, 0.2) is 44.9 Å². The van der Waals surface area contributed by atoms with Gasteiger partial charge in [0.2, 0.25) is 5.91 Å². The van der Waals surface area contributed by atoms with E-state index in [-0.39, 0.29) is 24.2 Å². The van der Waals surface area contributed by atoms with E-state index in [1.165, 1.54) is 18.9 Å². The van der Waals surface area contributed by atoms with Gasteiger partial charge in [-0.1, -0.05) is 24.8 Å². The molecule has 0 aliphatic carbocycles. The Morgan fingerprint density at radius 3 is 2.76 bits per heavy atom. The Kier molecular flexibility index (Phi) is 7.77. The van der Waals surface area contributed by atoms with Crippen LogP contribution in [0.2, 0.25) is 0 Å². The summed E-state index contributed by atoms with van der Waals surface area (Å²) in [4.78, 5) is 47.8. The van der Waals surface area contributed by atoms with Crippen LogP contribution in [-0.4, -0.2) is 59.6 Å². The highest BCUT2D eigenvalue weighted by Crippen LogP contribution is 2.46. The number of carbonyl (C=O) groups is 3. The fraction of sp³-hybridized carbons (Fsp3) is 0.500. The first-order valence-corrected chi connectivity index (χ1v) is 13.3. The smallest absolute Gasteiger partial charge is 0.338 e. The molecule has 0 spiro atoms. The second-order valence-electron chi connectivity index (χ2n) is 8.22. The molecule has 8 nitrogen and oxygen atoms in total. The molecular weight excluding hydrogens is 474 g/mol. The molecule has 1 aromatic heterocycles. The number of fused-ring (bicyclic) bond motifs is 1. The van der Waals surface area contributed by atoms with Gasteiger partial charge < -0.3 is 19.3 Å². The first-order chi connectivity index (χ1) is 16.5. The normalized spacial score (nSPS) is 22.2.